The zero-order chi connectivity index (χ0) is 21.1. The van der Waals surface area contributed by atoms with Crippen molar-refractivity contribution in [3.8, 4) is 5.75 Å². The zero-order valence-electron chi connectivity index (χ0n) is 17.6. The molecule has 1 spiro atoms. The van der Waals surface area contributed by atoms with Gasteiger partial charge in [0.2, 0.25) is 5.91 Å². The monoisotopic (exact) mass is 407 g/mol. The summed E-state index contributed by atoms with van der Waals surface area (Å²) in [5.41, 5.74) is 1.45. The van der Waals surface area contributed by atoms with Gasteiger partial charge in [0.1, 0.15) is 11.4 Å². The van der Waals surface area contributed by atoms with E-state index >= 15 is 0 Å². The second-order valence-corrected chi connectivity index (χ2v) is 8.68. The molecule has 2 aliphatic rings. The number of ether oxygens (including phenoxy) is 1. The number of carbonyl (C=O) groups is 2. The van der Waals surface area contributed by atoms with E-state index in [0.29, 0.717) is 25.1 Å². The van der Waals surface area contributed by atoms with Crippen LogP contribution in [0.15, 0.2) is 48.8 Å². The summed E-state index contributed by atoms with van der Waals surface area (Å²) in [5, 5.41) is 3.01. The molecule has 0 radical (unpaired) electrons. The number of aromatic nitrogens is 1. The van der Waals surface area contributed by atoms with Crippen LogP contribution in [-0.2, 0) is 4.79 Å². The van der Waals surface area contributed by atoms with Crippen molar-refractivity contribution in [2.75, 3.05) is 13.1 Å². The Morgan fingerprint density at radius 3 is 2.57 bits per heavy atom. The Labute approximate surface area is 177 Å². The molecule has 0 unspecified atom stereocenters. The minimum atomic E-state index is -0.327. The smallest absolute Gasteiger partial charge is 0.253 e. The van der Waals surface area contributed by atoms with Gasteiger partial charge in [-0.25, -0.2) is 0 Å². The van der Waals surface area contributed by atoms with Crippen LogP contribution in [0.5, 0.6) is 5.75 Å². The van der Waals surface area contributed by atoms with Crippen molar-refractivity contribution in [2.24, 2.45) is 0 Å². The van der Waals surface area contributed by atoms with Crippen LogP contribution in [0.1, 0.15) is 61.4 Å². The highest BCUT2D eigenvalue weighted by Crippen LogP contribution is 2.46. The Balaban J connectivity index is 1.48. The van der Waals surface area contributed by atoms with Crippen molar-refractivity contribution in [1.29, 1.82) is 0 Å². The van der Waals surface area contributed by atoms with E-state index in [1.54, 1.807) is 24.5 Å². The van der Waals surface area contributed by atoms with Crippen molar-refractivity contribution in [3.63, 3.8) is 0 Å². The summed E-state index contributed by atoms with van der Waals surface area (Å²) < 4.78 is 6.51. The van der Waals surface area contributed by atoms with Crippen LogP contribution in [0.4, 0.5) is 0 Å². The van der Waals surface area contributed by atoms with E-state index < -0.39 is 0 Å². The molecule has 0 bridgehead atoms. The Morgan fingerprint density at radius 1 is 1.17 bits per heavy atom. The van der Waals surface area contributed by atoms with Crippen LogP contribution in [0, 0.1) is 0 Å². The van der Waals surface area contributed by atoms with Crippen molar-refractivity contribution in [3.05, 3.63) is 59.9 Å². The fraction of sp³-hybridized carbons (Fsp3) is 0.458. The summed E-state index contributed by atoms with van der Waals surface area (Å²) in [4.78, 5) is 31.2. The van der Waals surface area contributed by atoms with Crippen molar-refractivity contribution in [1.82, 2.24) is 15.2 Å². The van der Waals surface area contributed by atoms with E-state index in [0.717, 1.165) is 30.6 Å². The topological polar surface area (TPSA) is 71.5 Å². The molecule has 2 amide bonds. The molecule has 0 aliphatic carbocycles. The van der Waals surface area contributed by atoms with Gasteiger partial charge in [0.15, 0.2) is 0 Å². The number of nitrogens with one attached hydrogen (secondary N) is 1. The summed E-state index contributed by atoms with van der Waals surface area (Å²) in [7, 11) is 0. The lowest BCUT2D eigenvalue weighted by atomic mass is 9.76. The third-order valence-corrected chi connectivity index (χ3v) is 6.07. The first-order chi connectivity index (χ1) is 14.5. The molecule has 1 saturated heterocycles. The predicted octanol–water partition coefficient (Wildman–Crippen LogP) is 3.54. The summed E-state index contributed by atoms with van der Waals surface area (Å²) in [6, 6.07) is 11.7. The molecule has 0 saturated carbocycles. The molecule has 2 aromatic rings. The fourth-order valence-electron chi connectivity index (χ4n) is 4.63. The van der Waals surface area contributed by atoms with Crippen LogP contribution in [0.25, 0.3) is 0 Å². The average molecular weight is 408 g/mol. The Kier molecular flexibility index (Phi) is 5.75. The molecule has 6 nitrogen and oxygen atoms in total. The van der Waals surface area contributed by atoms with E-state index in [-0.39, 0.29) is 29.4 Å². The lowest BCUT2D eigenvalue weighted by molar-refractivity contribution is -0.122. The summed E-state index contributed by atoms with van der Waals surface area (Å²) in [6.07, 6.45) is 6.08. The number of hydrogen-bond acceptors (Lipinski definition) is 4. The van der Waals surface area contributed by atoms with Gasteiger partial charge < -0.3 is 15.0 Å². The molecule has 2 aliphatic heterocycles. The van der Waals surface area contributed by atoms with Gasteiger partial charge in [0.25, 0.3) is 5.91 Å². The van der Waals surface area contributed by atoms with Crippen LogP contribution < -0.4 is 10.1 Å². The molecule has 1 fully saturated rings. The SMILES string of the molecule is CC(C)NC(=O)C[C@@H]1CC2(CCN(C(=O)c3ccncc3)CC2)Oc2ccccc21. The van der Waals surface area contributed by atoms with E-state index in [4.69, 9.17) is 4.74 Å². The third kappa shape index (κ3) is 4.32. The van der Waals surface area contributed by atoms with Gasteiger partial charge in [-0.1, -0.05) is 18.2 Å². The highest BCUT2D eigenvalue weighted by Gasteiger charge is 2.44. The number of hydrogen-bond donors (Lipinski definition) is 1. The standard InChI is InChI=1S/C24H29N3O3/c1-17(2)26-22(28)15-19-16-24(30-21-6-4-3-5-20(19)21)9-13-27(14-10-24)23(29)18-7-11-25-12-8-18/h3-8,11-12,17,19H,9-10,13-16H2,1-2H3,(H,26,28)/t19-/m1/s1. The number of likely N-dealkylation sites (tertiary alicyclic amines) is 1. The minimum Gasteiger partial charge on any atom is -0.487 e. The molecule has 1 aromatic carbocycles. The summed E-state index contributed by atoms with van der Waals surface area (Å²) in [6.45, 7) is 5.25. The van der Waals surface area contributed by atoms with Gasteiger partial charge >= 0.3 is 0 Å². The summed E-state index contributed by atoms with van der Waals surface area (Å²) >= 11 is 0. The normalized spacial score (nSPS) is 19.8. The van der Waals surface area contributed by atoms with Crippen LogP contribution in [0.2, 0.25) is 0 Å². The second kappa shape index (κ2) is 8.46. The number of carbonyl (C=O) groups excluding carboxylic acids is 2. The molecule has 158 valence electrons. The van der Waals surface area contributed by atoms with Crippen LogP contribution in [0.3, 0.4) is 0 Å². The first kappa shape index (κ1) is 20.4. The van der Waals surface area contributed by atoms with Gasteiger partial charge in [0, 0.05) is 62.3 Å². The van der Waals surface area contributed by atoms with E-state index in [1.165, 1.54) is 0 Å². The van der Waals surface area contributed by atoms with Crippen molar-refractivity contribution in [2.45, 2.75) is 57.1 Å². The quantitative estimate of drug-likeness (QED) is 0.842. The molecular weight excluding hydrogens is 378 g/mol. The number of piperidine rings is 1. The Morgan fingerprint density at radius 2 is 1.87 bits per heavy atom. The largest absolute Gasteiger partial charge is 0.487 e. The van der Waals surface area contributed by atoms with E-state index in [9.17, 15) is 9.59 Å². The van der Waals surface area contributed by atoms with Crippen LogP contribution >= 0.6 is 0 Å². The summed E-state index contributed by atoms with van der Waals surface area (Å²) in [5.74, 6) is 1.11. The highest BCUT2D eigenvalue weighted by molar-refractivity contribution is 5.94. The zero-order valence-corrected chi connectivity index (χ0v) is 17.6. The van der Waals surface area contributed by atoms with Crippen LogP contribution in [-0.4, -0.2) is 46.4 Å². The molecule has 4 rings (SSSR count). The molecule has 3 heterocycles. The first-order valence-corrected chi connectivity index (χ1v) is 10.7. The third-order valence-electron chi connectivity index (χ3n) is 6.07. The number of rotatable bonds is 4. The highest BCUT2D eigenvalue weighted by atomic mass is 16.5. The predicted molar refractivity (Wildman–Crippen MR) is 114 cm³/mol. The van der Waals surface area contributed by atoms with Gasteiger partial charge in [-0.2, -0.15) is 0 Å². The number of pyridine rings is 1. The molecule has 1 atom stereocenters. The number of benzene rings is 1. The average Bonchev–Trinajstić information content (AvgIpc) is 2.74. The molecular formula is C24H29N3O3. The van der Waals surface area contributed by atoms with E-state index in [1.807, 2.05) is 36.9 Å². The maximum absolute atomic E-state index is 12.8. The lowest BCUT2D eigenvalue weighted by Gasteiger charge is -2.47. The number of fused-ring (bicyclic) bond motifs is 1. The van der Waals surface area contributed by atoms with Gasteiger partial charge in [-0.15, -0.1) is 0 Å². The first-order valence-electron chi connectivity index (χ1n) is 10.7. The lowest BCUT2D eigenvalue weighted by Crippen LogP contribution is -2.52. The molecule has 6 heteroatoms. The fourth-order valence-corrected chi connectivity index (χ4v) is 4.63. The van der Waals surface area contributed by atoms with Gasteiger partial charge in [0.05, 0.1) is 0 Å². The molecule has 1 aromatic heterocycles. The number of amides is 2. The molecule has 30 heavy (non-hydrogen) atoms. The van der Waals surface area contributed by atoms with Gasteiger partial charge in [-0.05, 0) is 44.0 Å². The molecule has 1 N–H and O–H groups in total. The maximum atomic E-state index is 12.8. The van der Waals surface area contributed by atoms with Gasteiger partial charge in [-0.3, -0.25) is 14.6 Å². The number of nitrogens with zero attached hydrogens (tertiary/aromatic N) is 2. The second-order valence-electron chi connectivity index (χ2n) is 8.68. The van der Waals surface area contributed by atoms with E-state index in [2.05, 4.69) is 16.4 Å². The van der Waals surface area contributed by atoms with Crippen molar-refractivity contribution >= 4 is 11.8 Å². The number of para-hydroxylation sites is 1. The Hall–Kier alpha value is -2.89. The van der Waals surface area contributed by atoms with Crippen molar-refractivity contribution < 1.29 is 14.3 Å². The maximum Gasteiger partial charge on any atom is 0.253 e. The Bertz CT molecular complexity index is 905. The minimum absolute atomic E-state index is 0.0383.